The number of amides is 1. The zero-order valence-corrected chi connectivity index (χ0v) is 22.8. The second-order valence-corrected chi connectivity index (χ2v) is 11.0. The number of hydrogen-bond acceptors (Lipinski definition) is 7. The standard InChI is InChI=1S/C27H27ClN6OS2/c1-20-30-31-27(34(20)23-11-5-10-22(28)17-23)37-19-25-29-24(18-36-25)26(35)33-15-13-32(14-16-33)12-6-9-21-7-3-2-4-8-21/h2-11,17-18H,12-16,19H2,1H3/b9-6+. The number of thiazole rings is 1. The van der Waals surface area contributed by atoms with Crippen LogP contribution < -0.4 is 0 Å². The third-order valence-electron chi connectivity index (χ3n) is 6.09. The van der Waals surface area contributed by atoms with Gasteiger partial charge in [0.05, 0.1) is 11.4 Å². The van der Waals surface area contributed by atoms with Crippen LogP contribution in [-0.4, -0.2) is 68.2 Å². The minimum atomic E-state index is 0.00455. The molecule has 7 nitrogen and oxygen atoms in total. The number of halogens is 1. The van der Waals surface area contributed by atoms with Gasteiger partial charge in [-0.3, -0.25) is 14.3 Å². The maximum atomic E-state index is 13.1. The molecule has 1 fully saturated rings. The zero-order valence-electron chi connectivity index (χ0n) is 20.5. The van der Waals surface area contributed by atoms with Crippen molar-refractivity contribution in [3.8, 4) is 5.69 Å². The molecule has 2 aromatic heterocycles. The largest absolute Gasteiger partial charge is 0.335 e. The van der Waals surface area contributed by atoms with E-state index in [0.717, 1.165) is 41.3 Å². The van der Waals surface area contributed by atoms with Crippen LogP contribution in [0.15, 0.2) is 71.2 Å². The predicted molar refractivity (Wildman–Crippen MR) is 151 cm³/mol. The molecule has 190 valence electrons. The molecular weight excluding hydrogens is 524 g/mol. The maximum absolute atomic E-state index is 13.1. The van der Waals surface area contributed by atoms with E-state index in [0.29, 0.717) is 29.6 Å². The average molecular weight is 551 g/mol. The van der Waals surface area contributed by atoms with Crippen LogP contribution >= 0.6 is 34.7 Å². The number of thioether (sulfide) groups is 1. The molecule has 0 bridgehead atoms. The van der Waals surface area contributed by atoms with Gasteiger partial charge in [-0.2, -0.15) is 0 Å². The molecule has 5 rings (SSSR count). The zero-order chi connectivity index (χ0) is 25.6. The molecule has 0 unspecified atom stereocenters. The number of carbonyl (C=O) groups is 1. The number of aryl methyl sites for hydroxylation is 1. The van der Waals surface area contributed by atoms with Crippen LogP contribution in [0.4, 0.5) is 0 Å². The molecule has 1 amide bonds. The smallest absolute Gasteiger partial charge is 0.273 e. The molecule has 0 spiro atoms. The lowest BCUT2D eigenvalue weighted by Gasteiger charge is -2.33. The van der Waals surface area contributed by atoms with Crippen LogP contribution in [0, 0.1) is 6.92 Å². The Bertz CT molecular complexity index is 1380. The maximum Gasteiger partial charge on any atom is 0.273 e. The summed E-state index contributed by atoms with van der Waals surface area (Å²) in [5.41, 5.74) is 2.64. The van der Waals surface area contributed by atoms with Crippen LogP contribution in [0.3, 0.4) is 0 Å². The lowest BCUT2D eigenvalue weighted by molar-refractivity contribution is 0.0645. The molecule has 0 N–H and O–H groups in total. The Labute approximate surface area is 229 Å². The van der Waals surface area contributed by atoms with Crippen molar-refractivity contribution in [1.29, 1.82) is 0 Å². The third kappa shape index (κ3) is 6.48. The van der Waals surface area contributed by atoms with E-state index in [9.17, 15) is 4.79 Å². The number of hydrogen-bond donors (Lipinski definition) is 0. The highest BCUT2D eigenvalue weighted by Crippen LogP contribution is 2.27. The van der Waals surface area contributed by atoms with Crippen molar-refractivity contribution >= 4 is 46.7 Å². The summed E-state index contributed by atoms with van der Waals surface area (Å²) in [5.74, 6) is 1.40. The van der Waals surface area contributed by atoms with Gasteiger partial charge < -0.3 is 4.90 Å². The first kappa shape index (κ1) is 25.7. The van der Waals surface area contributed by atoms with Gasteiger partial charge in [0.15, 0.2) is 5.16 Å². The molecule has 0 atom stereocenters. The van der Waals surface area contributed by atoms with Crippen LogP contribution in [0.25, 0.3) is 11.8 Å². The normalized spacial score (nSPS) is 14.5. The van der Waals surface area contributed by atoms with Gasteiger partial charge in [0, 0.05) is 43.1 Å². The summed E-state index contributed by atoms with van der Waals surface area (Å²) in [6, 6.07) is 17.9. The number of carbonyl (C=O) groups excluding carboxylic acids is 1. The molecule has 3 heterocycles. The first-order chi connectivity index (χ1) is 18.1. The van der Waals surface area contributed by atoms with Crippen LogP contribution in [0.1, 0.15) is 26.9 Å². The first-order valence-corrected chi connectivity index (χ1v) is 14.3. The Morgan fingerprint density at radius 1 is 1.08 bits per heavy atom. The van der Waals surface area contributed by atoms with E-state index in [2.05, 4.69) is 44.4 Å². The minimum absolute atomic E-state index is 0.00455. The Balaban J connectivity index is 1.13. The van der Waals surface area contributed by atoms with Gasteiger partial charge in [-0.25, -0.2) is 4.98 Å². The number of rotatable bonds is 8. The van der Waals surface area contributed by atoms with Gasteiger partial charge >= 0.3 is 0 Å². The van der Waals surface area contributed by atoms with Crippen molar-refractivity contribution in [2.24, 2.45) is 0 Å². The fourth-order valence-corrected chi connectivity index (χ4v) is 6.12. The molecule has 0 radical (unpaired) electrons. The number of piperazine rings is 1. The summed E-state index contributed by atoms with van der Waals surface area (Å²) >= 11 is 9.23. The lowest BCUT2D eigenvalue weighted by Crippen LogP contribution is -2.48. The quantitative estimate of drug-likeness (QED) is 0.272. The minimum Gasteiger partial charge on any atom is -0.335 e. The van der Waals surface area contributed by atoms with Crippen LogP contribution in [0.5, 0.6) is 0 Å². The average Bonchev–Trinajstić information content (AvgIpc) is 3.54. The summed E-state index contributed by atoms with van der Waals surface area (Å²) < 4.78 is 1.98. The fraction of sp³-hybridized carbons (Fsp3) is 0.259. The van der Waals surface area contributed by atoms with Gasteiger partial charge in [0.2, 0.25) is 0 Å². The second-order valence-electron chi connectivity index (χ2n) is 8.67. The molecule has 1 aliphatic heterocycles. The predicted octanol–water partition coefficient (Wildman–Crippen LogP) is 5.45. The van der Waals surface area contributed by atoms with Gasteiger partial charge in [0.1, 0.15) is 16.5 Å². The van der Waals surface area contributed by atoms with E-state index in [1.807, 2.05) is 64.2 Å². The van der Waals surface area contributed by atoms with Crippen LogP contribution in [-0.2, 0) is 5.75 Å². The molecule has 1 aliphatic rings. The Hall–Kier alpha value is -2.98. The van der Waals surface area contributed by atoms with Crippen molar-refractivity contribution in [1.82, 2.24) is 29.5 Å². The number of benzene rings is 2. The molecular formula is C27H27ClN6OS2. The summed E-state index contributed by atoms with van der Waals surface area (Å²) in [5, 5.41) is 12.7. The highest BCUT2D eigenvalue weighted by molar-refractivity contribution is 7.98. The topological polar surface area (TPSA) is 67.2 Å². The van der Waals surface area contributed by atoms with Gasteiger partial charge in [-0.1, -0.05) is 71.9 Å². The Morgan fingerprint density at radius 3 is 2.68 bits per heavy atom. The van der Waals surface area contributed by atoms with Crippen molar-refractivity contribution < 1.29 is 4.79 Å². The summed E-state index contributed by atoms with van der Waals surface area (Å²) in [6.07, 6.45) is 4.33. The van der Waals surface area contributed by atoms with Gasteiger partial charge in [-0.15, -0.1) is 21.5 Å². The number of aromatic nitrogens is 4. The highest BCUT2D eigenvalue weighted by atomic mass is 35.5. The van der Waals surface area contributed by atoms with Crippen molar-refractivity contribution in [3.05, 3.63) is 93.2 Å². The van der Waals surface area contributed by atoms with E-state index < -0.39 is 0 Å². The highest BCUT2D eigenvalue weighted by Gasteiger charge is 2.23. The summed E-state index contributed by atoms with van der Waals surface area (Å²) in [7, 11) is 0. The number of nitrogens with zero attached hydrogens (tertiary/aromatic N) is 6. The van der Waals surface area contributed by atoms with E-state index in [4.69, 9.17) is 11.6 Å². The lowest BCUT2D eigenvalue weighted by atomic mass is 10.2. The Morgan fingerprint density at radius 2 is 1.89 bits per heavy atom. The van der Waals surface area contributed by atoms with Crippen molar-refractivity contribution in [3.63, 3.8) is 0 Å². The fourth-order valence-electron chi connectivity index (χ4n) is 4.15. The van der Waals surface area contributed by atoms with E-state index in [-0.39, 0.29) is 5.91 Å². The molecule has 2 aromatic carbocycles. The summed E-state index contributed by atoms with van der Waals surface area (Å²) in [4.78, 5) is 22.0. The van der Waals surface area contributed by atoms with E-state index in [1.165, 1.54) is 16.9 Å². The molecule has 4 aromatic rings. The first-order valence-electron chi connectivity index (χ1n) is 12.1. The van der Waals surface area contributed by atoms with E-state index in [1.54, 1.807) is 11.8 Å². The van der Waals surface area contributed by atoms with Crippen molar-refractivity contribution in [2.75, 3.05) is 32.7 Å². The van der Waals surface area contributed by atoms with Crippen LogP contribution in [0.2, 0.25) is 5.02 Å². The van der Waals surface area contributed by atoms with Gasteiger partial charge in [0.25, 0.3) is 5.91 Å². The van der Waals surface area contributed by atoms with Crippen molar-refractivity contribution in [2.45, 2.75) is 17.8 Å². The molecule has 0 saturated carbocycles. The molecule has 10 heteroatoms. The molecule has 1 saturated heterocycles. The summed E-state index contributed by atoms with van der Waals surface area (Å²) in [6.45, 7) is 5.93. The van der Waals surface area contributed by atoms with E-state index >= 15 is 0 Å². The second kappa shape index (κ2) is 12.0. The monoisotopic (exact) mass is 550 g/mol. The molecule has 0 aliphatic carbocycles. The molecule has 37 heavy (non-hydrogen) atoms. The van der Waals surface area contributed by atoms with Gasteiger partial charge in [-0.05, 0) is 30.7 Å². The SMILES string of the molecule is Cc1nnc(SCc2nc(C(=O)N3CCN(C/C=C/c4ccccc4)CC3)cs2)n1-c1cccc(Cl)c1. The Kier molecular flexibility index (Phi) is 8.35. The third-order valence-corrected chi connectivity index (χ3v) is 8.30.